The summed E-state index contributed by atoms with van der Waals surface area (Å²) in [6.07, 6.45) is 0. The molecule has 0 aliphatic rings. The number of benzene rings is 2. The second-order valence-electron chi connectivity index (χ2n) is 3.29. The van der Waals surface area contributed by atoms with Gasteiger partial charge >= 0.3 is 0 Å². The molecule has 4 heteroatoms. The van der Waals surface area contributed by atoms with E-state index in [0.29, 0.717) is 5.56 Å². The summed E-state index contributed by atoms with van der Waals surface area (Å²) < 4.78 is 0. The highest BCUT2D eigenvalue weighted by molar-refractivity contribution is 5.77. The van der Waals surface area contributed by atoms with Crippen LogP contribution in [0.1, 0.15) is 0 Å². The SMILES string of the molecule is Oc1[c]ccc(O)c1-c1ccc(O)c(O)c1. The van der Waals surface area contributed by atoms with Crippen molar-refractivity contribution in [2.75, 3.05) is 0 Å². The Balaban J connectivity index is 2.63. The van der Waals surface area contributed by atoms with Crippen molar-refractivity contribution in [3.8, 4) is 34.1 Å². The van der Waals surface area contributed by atoms with Crippen LogP contribution in [0.25, 0.3) is 11.1 Å². The van der Waals surface area contributed by atoms with Crippen molar-refractivity contribution in [2.24, 2.45) is 0 Å². The van der Waals surface area contributed by atoms with E-state index in [1.54, 1.807) is 0 Å². The fourth-order valence-electron chi connectivity index (χ4n) is 1.44. The lowest BCUT2D eigenvalue weighted by Crippen LogP contribution is -1.81. The van der Waals surface area contributed by atoms with Crippen molar-refractivity contribution >= 4 is 0 Å². The number of hydrogen-bond donors (Lipinski definition) is 4. The lowest BCUT2D eigenvalue weighted by atomic mass is 10.0. The minimum atomic E-state index is -0.319. The highest BCUT2D eigenvalue weighted by Crippen LogP contribution is 2.39. The molecular weight excluding hydrogens is 208 g/mol. The summed E-state index contributed by atoms with van der Waals surface area (Å²) in [4.78, 5) is 0. The minimum Gasteiger partial charge on any atom is -0.507 e. The van der Waals surface area contributed by atoms with E-state index in [-0.39, 0.29) is 28.6 Å². The zero-order chi connectivity index (χ0) is 11.7. The van der Waals surface area contributed by atoms with E-state index in [1.807, 2.05) is 0 Å². The van der Waals surface area contributed by atoms with Gasteiger partial charge in [0.05, 0.1) is 5.56 Å². The Morgan fingerprint density at radius 2 is 1.56 bits per heavy atom. The quantitative estimate of drug-likeness (QED) is 0.550. The Kier molecular flexibility index (Phi) is 2.32. The van der Waals surface area contributed by atoms with Crippen LogP contribution >= 0.6 is 0 Å². The average Bonchev–Trinajstić information content (AvgIpc) is 2.23. The smallest absolute Gasteiger partial charge is 0.158 e. The molecule has 0 aliphatic heterocycles. The summed E-state index contributed by atoms with van der Waals surface area (Å²) in [5.41, 5.74) is 0.556. The van der Waals surface area contributed by atoms with E-state index >= 15 is 0 Å². The first-order chi connectivity index (χ1) is 7.59. The van der Waals surface area contributed by atoms with Crippen LogP contribution in [0.3, 0.4) is 0 Å². The highest BCUT2D eigenvalue weighted by atomic mass is 16.3. The van der Waals surface area contributed by atoms with Crippen molar-refractivity contribution in [3.05, 3.63) is 36.4 Å². The van der Waals surface area contributed by atoms with Gasteiger partial charge in [-0.15, -0.1) is 0 Å². The number of rotatable bonds is 1. The summed E-state index contributed by atoms with van der Waals surface area (Å²) >= 11 is 0. The largest absolute Gasteiger partial charge is 0.507 e. The van der Waals surface area contributed by atoms with Gasteiger partial charge in [0.2, 0.25) is 0 Å². The van der Waals surface area contributed by atoms with Crippen molar-refractivity contribution in [2.45, 2.75) is 0 Å². The molecule has 0 saturated heterocycles. The molecule has 0 aliphatic carbocycles. The van der Waals surface area contributed by atoms with Crippen LogP contribution in [0, 0.1) is 6.07 Å². The normalized spacial score (nSPS) is 10.2. The molecule has 0 bridgehead atoms. The van der Waals surface area contributed by atoms with Crippen LogP contribution in [-0.4, -0.2) is 20.4 Å². The van der Waals surface area contributed by atoms with Crippen molar-refractivity contribution < 1.29 is 20.4 Å². The molecule has 4 N–H and O–H groups in total. The van der Waals surface area contributed by atoms with Crippen molar-refractivity contribution in [1.82, 2.24) is 0 Å². The first-order valence-electron chi connectivity index (χ1n) is 4.54. The van der Waals surface area contributed by atoms with E-state index in [0.717, 1.165) is 0 Å². The predicted octanol–water partition coefficient (Wildman–Crippen LogP) is 1.98. The molecule has 2 aromatic carbocycles. The van der Waals surface area contributed by atoms with Gasteiger partial charge in [-0.25, -0.2) is 0 Å². The van der Waals surface area contributed by atoms with Gasteiger partial charge in [-0.1, -0.05) is 6.07 Å². The molecule has 2 aromatic rings. The van der Waals surface area contributed by atoms with Crippen molar-refractivity contribution in [1.29, 1.82) is 0 Å². The zero-order valence-corrected chi connectivity index (χ0v) is 8.18. The predicted molar refractivity (Wildman–Crippen MR) is 57.4 cm³/mol. The highest BCUT2D eigenvalue weighted by Gasteiger charge is 2.11. The summed E-state index contributed by atoms with van der Waals surface area (Å²) in [5, 5.41) is 37.6. The number of hydrogen-bond acceptors (Lipinski definition) is 4. The Morgan fingerprint density at radius 1 is 0.812 bits per heavy atom. The maximum atomic E-state index is 9.58. The number of phenols is 4. The molecular formula is C12H9O4. The van der Waals surface area contributed by atoms with Gasteiger partial charge in [-0.2, -0.15) is 0 Å². The molecule has 0 aromatic heterocycles. The molecule has 2 rings (SSSR count). The third-order valence-corrected chi connectivity index (χ3v) is 2.22. The molecule has 81 valence electrons. The first-order valence-corrected chi connectivity index (χ1v) is 4.54. The second kappa shape index (κ2) is 3.66. The molecule has 0 fully saturated rings. The third-order valence-electron chi connectivity index (χ3n) is 2.22. The standard InChI is InChI=1S/C12H9O4/c13-8-5-4-7(6-11(8)16)12-9(14)2-1-3-10(12)15/h1-2,4-6,13-16H. The number of aromatic hydroxyl groups is 4. The topological polar surface area (TPSA) is 80.9 Å². The van der Waals surface area contributed by atoms with Crippen LogP contribution in [0.15, 0.2) is 30.3 Å². The molecule has 1 radical (unpaired) electrons. The fourth-order valence-corrected chi connectivity index (χ4v) is 1.44. The van der Waals surface area contributed by atoms with E-state index in [9.17, 15) is 15.3 Å². The van der Waals surface area contributed by atoms with Gasteiger partial charge in [0.25, 0.3) is 0 Å². The lowest BCUT2D eigenvalue weighted by Gasteiger charge is -2.07. The van der Waals surface area contributed by atoms with Gasteiger partial charge in [0.1, 0.15) is 11.5 Å². The van der Waals surface area contributed by atoms with Crippen LogP contribution in [0.5, 0.6) is 23.0 Å². The molecule has 0 spiro atoms. The second-order valence-corrected chi connectivity index (χ2v) is 3.29. The van der Waals surface area contributed by atoms with E-state index < -0.39 is 0 Å². The van der Waals surface area contributed by atoms with Crippen molar-refractivity contribution in [3.63, 3.8) is 0 Å². The van der Waals surface area contributed by atoms with E-state index in [1.165, 1.54) is 30.3 Å². The first kappa shape index (κ1) is 10.2. The van der Waals surface area contributed by atoms with Crippen LogP contribution in [0.2, 0.25) is 0 Å². The van der Waals surface area contributed by atoms with Gasteiger partial charge in [-0.05, 0) is 29.8 Å². The molecule has 16 heavy (non-hydrogen) atoms. The summed E-state index contributed by atoms with van der Waals surface area (Å²) in [6.45, 7) is 0. The fraction of sp³-hybridized carbons (Fsp3) is 0. The van der Waals surface area contributed by atoms with Crippen LogP contribution in [0.4, 0.5) is 0 Å². The van der Waals surface area contributed by atoms with E-state index in [4.69, 9.17) is 5.11 Å². The lowest BCUT2D eigenvalue weighted by molar-refractivity contribution is 0.404. The Bertz CT molecular complexity index is 514. The molecule has 0 saturated carbocycles. The molecule has 0 amide bonds. The Morgan fingerprint density at radius 3 is 2.19 bits per heavy atom. The third kappa shape index (κ3) is 1.61. The molecule has 0 unspecified atom stereocenters. The Hall–Kier alpha value is -2.36. The van der Waals surface area contributed by atoms with Gasteiger partial charge < -0.3 is 20.4 Å². The summed E-state index contributed by atoms with van der Waals surface area (Å²) in [7, 11) is 0. The minimum absolute atomic E-state index is 0.124. The molecule has 0 heterocycles. The Labute approximate surface area is 91.7 Å². The summed E-state index contributed by atoms with van der Waals surface area (Å²) in [6, 6.07) is 9.27. The van der Waals surface area contributed by atoms with E-state index in [2.05, 4.69) is 6.07 Å². The maximum Gasteiger partial charge on any atom is 0.158 e. The zero-order valence-electron chi connectivity index (χ0n) is 8.18. The summed E-state index contributed by atoms with van der Waals surface area (Å²) in [5.74, 6) is -0.922. The van der Waals surface area contributed by atoms with Gasteiger partial charge in [0.15, 0.2) is 11.5 Å². The monoisotopic (exact) mass is 217 g/mol. The number of phenolic OH excluding ortho intramolecular Hbond substituents is 4. The maximum absolute atomic E-state index is 9.58. The van der Waals surface area contributed by atoms with Crippen LogP contribution in [-0.2, 0) is 0 Å². The molecule has 4 nitrogen and oxygen atoms in total. The van der Waals surface area contributed by atoms with Gasteiger partial charge in [0, 0.05) is 6.07 Å². The van der Waals surface area contributed by atoms with Gasteiger partial charge in [-0.3, -0.25) is 0 Å². The van der Waals surface area contributed by atoms with Crippen LogP contribution < -0.4 is 0 Å². The molecule has 0 atom stereocenters. The average molecular weight is 217 g/mol.